The number of methoxy groups -OCH3 is 1. The zero-order valence-electron chi connectivity index (χ0n) is 13.9. The topological polar surface area (TPSA) is 70.4 Å². The highest BCUT2D eigenvalue weighted by atomic mass is 19.1. The van der Waals surface area contributed by atoms with Crippen molar-refractivity contribution in [3.05, 3.63) is 77.9 Å². The molecule has 0 aliphatic heterocycles. The standard InChI is InChI=1S/C19H15FN2O4/c1-25-18-8-5-14(20)11-16(18)17(23)12-26-19(24)13-3-6-15(7-4-13)22-10-2-9-21-22/h2-11H,12H2,1H3. The van der Waals surface area contributed by atoms with Crippen LogP contribution in [-0.4, -0.2) is 35.2 Å². The number of rotatable bonds is 6. The summed E-state index contributed by atoms with van der Waals surface area (Å²) in [6.07, 6.45) is 3.42. The number of aromatic nitrogens is 2. The first-order chi connectivity index (χ1) is 12.6. The van der Waals surface area contributed by atoms with Crippen molar-refractivity contribution in [2.24, 2.45) is 0 Å². The lowest BCUT2D eigenvalue weighted by Gasteiger charge is -2.09. The molecule has 0 saturated carbocycles. The van der Waals surface area contributed by atoms with Crippen LogP contribution in [0.3, 0.4) is 0 Å². The van der Waals surface area contributed by atoms with E-state index in [0.717, 1.165) is 11.8 Å². The molecule has 26 heavy (non-hydrogen) atoms. The van der Waals surface area contributed by atoms with E-state index in [0.29, 0.717) is 5.56 Å². The maximum atomic E-state index is 13.3. The van der Waals surface area contributed by atoms with Gasteiger partial charge >= 0.3 is 5.97 Å². The van der Waals surface area contributed by atoms with Crippen LogP contribution in [0.4, 0.5) is 4.39 Å². The van der Waals surface area contributed by atoms with Crippen LogP contribution in [0.2, 0.25) is 0 Å². The molecular weight excluding hydrogens is 339 g/mol. The summed E-state index contributed by atoms with van der Waals surface area (Å²) in [5.41, 5.74) is 1.10. The fraction of sp³-hybridized carbons (Fsp3) is 0.105. The summed E-state index contributed by atoms with van der Waals surface area (Å²) in [5, 5.41) is 4.09. The number of ether oxygens (including phenoxy) is 2. The van der Waals surface area contributed by atoms with Crippen LogP contribution >= 0.6 is 0 Å². The van der Waals surface area contributed by atoms with Crippen LogP contribution in [0.25, 0.3) is 5.69 Å². The number of hydrogen-bond donors (Lipinski definition) is 0. The molecule has 0 aliphatic rings. The van der Waals surface area contributed by atoms with Gasteiger partial charge in [0.2, 0.25) is 5.78 Å². The average molecular weight is 354 g/mol. The number of hydrogen-bond acceptors (Lipinski definition) is 5. The lowest BCUT2D eigenvalue weighted by molar-refractivity contribution is 0.0474. The van der Waals surface area contributed by atoms with E-state index in [-0.39, 0.29) is 11.3 Å². The van der Waals surface area contributed by atoms with E-state index in [4.69, 9.17) is 9.47 Å². The number of halogens is 1. The molecule has 3 rings (SSSR count). The number of nitrogens with zero attached hydrogens (tertiary/aromatic N) is 2. The number of carbonyl (C=O) groups is 2. The van der Waals surface area contributed by atoms with Gasteiger partial charge in [-0.2, -0.15) is 5.10 Å². The molecule has 0 bridgehead atoms. The summed E-state index contributed by atoms with van der Waals surface area (Å²) in [6, 6.07) is 11.9. The first-order valence-electron chi connectivity index (χ1n) is 7.72. The van der Waals surface area contributed by atoms with E-state index in [9.17, 15) is 14.0 Å². The van der Waals surface area contributed by atoms with Crippen molar-refractivity contribution in [2.75, 3.05) is 13.7 Å². The van der Waals surface area contributed by atoms with Crippen LogP contribution in [0, 0.1) is 5.82 Å². The number of ketones is 1. The summed E-state index contributed by atoms with van der Waals surface area (Å²) >= 11 is 0. The Kier molecular flexibility index (Phi) is 5.07. The Bertz CT molecular complexity index is 921. The molecule has 0 aliphatic carbocycles. The van der Waals surface area contributed by atoms with E-state index in [1.165, 1.54) is 19.2 Å². The minimum Gasteiger partial charge on any atom is -0.496 e. The highest BCUT2D eigenvalue weighted by Gasteiger charge is 2.16. The minimum absolute atomic E-state index is 0.0225. The van der Waals surface area contributed by atoms with Crippen LogP contribution in [-0.2, 0) is 4.74 Å². The largest absolute Gasteiger partial charge is 0.496 e. The van der Waals surface area contributed by atoms with Gasteiger partial charge in [0.05, 0.1) is 23.9 Å². The van der Waals surface area contributed by atoms with E-state index >= 15 is 0 Å². The Morgan fingerprint density at radius 3 is 2.58 bits per heavy atom. The number of esters is 1. The van der Waals surface area contributed by atoms with Gasteiger partial charge in [0, 0.05) is 12.4 Å². The van der Waals surface area contributed by atoms with E-state index in [1.807, 2.05) is 0 Å². The highest BCUT2D eigenvalue weighted by molar-refractivity contribution is 6.01. The van der Waals surface area contributed by atoms with Crippen molar-refractivity contribution in [3.63, 3.8) is 0 Å². The first-order valence-corrected chi connectivity index (χ1v) is 7.72. The van der Waals surface area contributed by atoms with Crippen molar-refractivity contribution < 1.29 is 23.5 Å². The lowest BCUT2D eigenvalue weighted by Crippen LogP contribution is -2.15. The number of Topliss-reactive ketones (excluding diaryl/α,β-unsaturated/α-hetero) is 1. The van der Waals surface area contributed by atoms with Crippen molar-refractivity contribution >= 4 is 11.8 Å². The van der Waals surface area contributed by atoms with Gasteiger partial charge in [0.15, 0.2) is 6.61 Å². The third-order valence-corrected chi connectivity index (χ3v) is 3.67. The van der Waals surface area contributed by atoms with Gasteiger partial charge in [-0.3, -0.25) is 4.79 Å². The van der Waals surface area contributed by atoms with E-state index in [1.54, 1.807) is 47.4 Å². The molecular formula is C19H15FN2O4. The molecule has 0 unspecified atom stereocenters. The summed E-state index contributed by atoms with van der Waals surface area (Å²) < 4.78 is 25.0. The molecule has 2 aromatic carbocycles. The monoisotopic (exact) mass is 354 g/mol. The van der Waals surface area contributed by atoms with Crippen LogP contribution in [0.15, 0.2) is 60.9 Å². The molecule has 0 radical (unpaired) electrons. The second-order valence-corrected chi connectivity index (χ2v) is 5.34. The molecule has 3 aromatic rings. The first kappa shape index (κ1) is 17.3. The predicted molar refractivity (Wildman–Crippen MR) is 91.1 cm³/mol. The smallest absolute Gasteiger partial charge is 0.338 e. The summed E-state index contributed by atoms with van der Waals surface area (Å²) in [5.74, 6) is -1.56. The Balaban J connectivity index is 1.65. The molecule has 1 aromatic heterocycles. The van der Waals surface area contributed by atoms with Crippen molar-refractivity contribution in [2.45, 2.75) is 0 Å². The minimum atomic E-state index is -0.652. The maximum Gasteiger partial charge on any atom is 0.338 e. The molecule has 0 amide bonds. The second-order valence-electron chi connectivity index (χ2n) is 5.34. The molecule has 1 heterocycles. The van der Waals surface area contributed by atoms with Crippen molar-refractivity contribution in [3.8, 4) is 11.4 Å². The molecule has 132 valence electrons. The fourth-order valence-electron chi connectivity index (χ4n) is 2.36. The van der Waals surface area contributed by atoms with E-state index in [2.05, 4.69) is 5.10 Å². The Labute approximate surface area is 148 Å². The quantitative estimate of drug-likeness (QED) is 0.503. The van der Waals surface area contributed by atoms with Gasteiger partial charge in [-0.05, 0) is 48.5 Å². The third kappa shape index (κ3) is 3.77. The molecule has 0 saturated heterocycles. The van der Waals surface area contributed by atoms with Crippen molar-refractivity contribution in [1.29, 1.82) is 0 Å². The molecule has 6 nitrogen and oxygen atoms in total. The normalized spacial score (nSPS) is 10.4. The molecule has 0 fully saturated rings. The second kappa shape index (κ2) is 7.60. The van der Waals surface area contributed by atoms with Crippen LogP contribution in [0.1, 0.15) is 20.7 Å². The number of carbonyl (C=O) groups excluding carboxylic acids is 2. The lowest BCUT2D eigenvalue weighted by atomic mass is 10.1. The summed E-state index contributed by atoms with van der Waals surface area (Å²) in [7, 11) is 1.37. The molecule has 0 N–H and O–H groups in total. The summed E-state index contributed by atoms with van der Waals surface area (Å²) in [4.78, 5) is 24.3. The third-order valence-electron chi connectivity index (χ3n) is 3.67. The fourth-order valence-corrected chi connectivity index (χ4v) is 2.36. The van der Waals surface area contributed by atoms with E-state index < -0.39 is 24.2 Å². The van der Waals surface area contributed by atoms with Crippen molar-refractivity contribution in [1.82, 2.24) is 9.78 Å². The van der Waals surface area contributed by atoms with Crippen LogP contribution in [0.5, 0.6) is 5.75 Å². The summed E-state index contributed by atoms with van der Waals surface area (Å²) in [6.45, 7) is -0.514. The van der Waals surface area contributed by atoms with Gasteiger partial charge < -0.3 is 9.47 Å². The van der Waals surface area contributed by atoms with Gasteiger partial charge in [-0.25, -0.2) is 13.9 Å². The number of benzene rings is 2. The average Bonchev–Trinajstić information content (AvgIpc) is 3.20. The van der Waals surface area contributed by atoms with Gasteiger partial charge in [-0.1, -0.05) is 0 Å². The molecule has 0 atom stereocenters. The molecule has 7 heteroatoms. The molecule has 0 spiro atoms. The Morgan fingerprint density at radius 1 is 1.15 bits per heavy atom. The maximum absolute atomic E-state index is 13.3. The van der Waals surface area contributed by atoms with Gasteiger partial charge in [-0.15, -0.1) is 0 Å². The Hall–Kier alpha value is -3.48. The highest BCUT2D eigenvalue weighted by Crippen LogP contribution is 2.20. The van der Waals surface area contributed by atoms with Crippen LogP contribution < -0.4 is 4.74 Å². The van der Waals surface area contributed by atoms with Gasteiger partial charge in [0.1, 0.15) is 11.6 Å². The zero-order chi connectivity index (χ0) is 18.5. The SMILES string of the molecule is COc1ccc(F)cc1C(=O)COC(=O)c1ccc(-n2cccn2)cc1. The zero-order valence-corrected chi connectivity index (χ0v) is 13.9. The Morgan fingerprint density at radius 2 is 1.92 bits per heavy atom. The predicted octanol–water partition coefficient (Wildman–Crippen LogP) is 3.06. The van der Waals surface area contributed by atoms with Gasteiger partial charge in [0.25, 0.3) is 0 Å².